The molecule has 0 aliphatic rings. The monoisotopic (exact) mass is 279 g/mol. The van der Waals surface area contributed by atoms with Crippen molar-refractivity contribution < 1.29 is 4.39 Å². The Kier molecular flexibility index (Phi) is 4.26. The molecule has 1 heterocycles. The van der Waals surface area contributed by atoms with Crippen LogP contribution in [0.2, 0.25) is 0 Å². The third-order valence-electron chi connectivity index (χ3n) is 2.68. The van der Waals surface area contributed by atoms with Crippen molar-refractivity contribution in [1.29, 1.82) is 0 Å². The summed E-state index contributed by atoms with van der Waals surface area (Å²) in [6.45, 7) is 0.686. The van der Waals surface area contributed by atoms with Crippen LogP contribution in [0.15, 0.2) is 33.9 Å². The number of nitrogens with zero attached hydrogens (tertiary/aromatic N) is 2. The first-order valence-electron chi connectivity index (χ1n) is 6.04. The van der Waals surface area contributed by atoms with Crippen LogP contribution in [0, 0.1) is 5.82 Å². The summed E-state index contributed by atoms with van der Waals surface area (Å²) in [6, 6.07) is 6.00. The number of para-hydroxylation sites is 1. The maximum atomic E-state index is 13.9. The quantitative estimate of drug-likeness (QED) is 0.718. The standard InChI is InChI=1S/C12H14FN5O2/c13-8-4-1-2-5-9(8)18(7-3-6-14)10-11(19)15-12(20)17-16-10/h1-2,4-5H,3,6-7,14H2,(H2,15,17,19,20). The van der Waals surface area contributed by atoms with E-state index in [-0.39, 0.29) is 11.5 Å². The van der Waals surface area contributed by atoms with Gasteiger partial charge in [-0.25, -0.2) is 14.3 Å². The molecule has 0 spiro atoms. The molecule has 106 valence electrons. The smallest absolute Gasteiger partial charge is 0.330 e. The molecule has 8 heteroatoms. The summed E-state index contributed by atoms with van der Waals surface area (Å²) in [7, 11) is 0. The lowest BCUT2D eigenvalue weighted by Crippen LogP contribution is -2.33. The second-order valence-corrected chi connectivity index (χ2v) is 4.08. The fourth-order valence-electron chi connectivity index (χ4n) is 1.78. The van der Waals surface area contributed by atoms with Gasteiger partial charge in [-0.1, -0.05) is 12.1 Å². The maximum absolute atomic E-state index is 13.9. The Hall–Kier alpha value is -2.48. The van der Waals surface area contributed by atoms with Crippen molar-refractivity contribution in [2.24, 2.45) is 5.73 Å². The number of halogens is 1. The van der Waals surface area contributed by atoms with Crippen molar-refractivity contribution in [3.8, 4) is 0 Å². The van der Waals surface area contributed by atoms with E-state index in [1.807, 2.05) is 0 Å². The molecule has 0 saturated heterocycles. The van der Waals surface area contributed by atoms with E-state index in [1.165, 1.54) is 17.0 Å². The molecule has 4 N–H and O–H groups in total. The highest BCUT2D eigenvalue weighted by molar-refractivity contribution is 5.59. The highest BCUT2D eigenvalue weighted by Crippen LogP contribution is 2.23. The summed E-state index contributed by atoms with van der Waals surface area (Å²) in [5, 5.41) is 5.82. The number of benzene rings is 1. The normalized spacial score (nSPS) is 10.5. The topological polar surface area (TPSA) is 108 Å². The fourth-order valence-corrected chi connectivity index (χ4v) is 1.78. The van der Waals surface area contributed by atoms with Gasteiger partial charge >= 0.3 is 5.69 Å². The van der Waals surface area contributed by atoms with E-state index in [0.717, 1.165) is 0 Å². The zero-order valence-corrected chi connectivity index (χ0v) is 10.6. The predicted octanol–water partition coefficient (Wildman–Crippen LogP) is 0.0842. The van der Waals surface area contributed by atoms with Gasteiger partial charge in [0.15, 0.2) is 0 Å². The molecule has 0 atom stereocenters. The first-order valence-corrected chi connectivity index (χ1v) is 6.04. The molecule has 2 aromatic rings. The molecule has 20 heavy (non-hydrogen) atoms. The van der Waals surface area contributed by atoms with Gasteiger partial charge in [-0.3, -0.25) is 9.78 Å². The summed E-state index contributed by atoms with van der Waals surface area (Å²) in [4.78, 5) is 26.2. The van der Waals surface area contributed by atoms with E-state index in [2.05, 4.69) is 15.2 Å². The van der Waals surface area contributed by atoms with Crippen molar-refractivity contribution in [2.45, 2.75) is 6.42 Å². The first-order chi connectivity index (χ1) is 9.63. The minimum absolute atomic E-state index is 0.0804. The van der Waals surface area contributed by atoms with E-state index < -0.39 is 17.1 Å². The average Bonchev–Trinajstić information content (AvgIpc) is 2.42. The van der Waals surface area contributed by atoms with Crippen LogP contribution in [-0.4, -0.2) is 28.3 Å². The molecule has 2 rings (SSSR count). The average molecular weight is 279 g/mol. The third-order valence-corrected chi connectivity index (χ3v) is 2.68. The van der Waals surface area contributed by atoms with Crippen LogP contribution in [-0.2, 0) is 0 Å². The Balaban J connectivity index is 2.50. The minimum atomic E-state index is -0.717. The van der Waals surface area contributed by atoms with Crippen molar-refractivity contribution in [3.63, 3.8) is 0 Å². The number of H-pyrrole nitrogens is 2. The van der Waals surface area contributed by atoms with Crippen LogP contribution in [0.3, 0.4) is 0 Å². The Bertz CT molecular complexity index is 696. The second-order valence-electron chi connectivity index (χ2n) is 4.08. The lowest BCUT2D eigenvalue weighted by atomic mass is 10.2. The summed E-state index contributed by atoms with van der Waals surface area (Å²) >= 11 is 0. The molecule has 0 amide bonds. The summed E-state index contributed by atoms with van der Waals surface area (Å²) in [5.74, 6) is -0.569. The molecule has 7 nitrogen and oxygen atoms in total. The molecule has 1 aromatic heterocycles. The summed E-state index contributed by atoms with van der Waals surface area (Å²) in [5.41, 5.74) is 4.25. The van der Waals surface area contributed by atoms with Crippen LogP contribution in [0.1, 0.15) is 6.42 Å². The van der Waals surface area contributed by atoms with Crippen LogP contribution >= 0.6 is 0 Å². The second kappa shape index (κ2) is 6.11. The molecule has 0 radical (unpaired) electrons. The van der Waals surface area contributed by atoms with Crippen LogP contribution in [0.4, 0.5) is 15.9 Å². The number of anilines is 2. The third kappa shape index (κ3) is 2.91. The van der Waals surface area contributed by atoms with E-state index in [4.69, 9.17) is 5.73 Å². The van der Waals surface area contributed by atoms with Gasteiger partial charge in [0.2, 0.25) is 5.82 Å². The van der Waals surface area contributed by atoms with Crippen LogP contribution in [0.5, 0.6) is 0 Å². The molecule has 0 fully saturated rings. The minimum Gasteiger partial charge on any atom is -0.330 e. The maximum Gasteiger partial charge on any atom is 0.342 e. The SMILES string of the molecule is NCCCN(c1ccccc1F)c1n[nH]c(=O)[nH]c1=O. The Morgan fingerprint density at radius 3 is 2.70 bits per heavy atom. The zero-order valence-electron chi connectivity index (χ0n) is 10.6. The number of hydrogen-bond donors (Lipinski definition) is 3. The van der Waals surface area contributed by atoms with Gasteiger partial charge in [-0.2, -0.15) is 0 Å². The molecule has 0 bridgehead atoms. The van der Waals surface area contributed by atoms with Gasteiger partial charge in [0.25, 0.3) is 5.56 Å². The van der Waals surface area contributed by atoms with Gasteiger partial charge < -0.3 is 10.6 Å². The van der Waals surface area contributed by atoms with Gasteiger partial charge in [-0.15, -0.1) is 5.10 Å². The highest BCUT2D eigenvalue weighted by atomic mass is 19.1. The van der Waals surface area contributed by atoms with Crippen molar-refractivity contribution in [2.75, 3.05) is 18.0 Å². The molecule has 0 unspecified atom stereocenters. The number of aromatic nitrogens is 3. The summed E-state index contributed by atoms with van der Waals surface area (Å²) < 4.78 is 13.9. The highest BCUT2D eigenvalue weighted by Gasteiger charge is 2.17. The number of rotatable bonds is 5. The van der Waals surface area contributed by atoms with E-state index in [9.17, 15) is 14.0 Å². The Labute approximate surface area is 113 Å². The molecule has 1 aromatic carbocycles. The van der Waals surface area contributed by atoms with Crippen molar-refractivity contribution in [1.82, 2.24) is 15.2 Å². The van der Waals surface area contributed by atoms with Crippen LogP contribution < -0.4 is 21.9 Å². The zero-order chi connectivity index (χ0) is 14.5. The van der Waals surface area contributed by atoms with Gasteiger partial charge in [0.1, 0.15) is 5.82 Å². The first kappa shape index (κ1) is 13.9. The molecule has 0 aliphatic heterocycles. The fraction of sp³-hybridized carbons (Fsp3) is 0.250. The van der Waals surface area contributed by atoms with Gasteiger partial charge in [-0.05, 0) is 25.1 Å². The van der Waals surface area contributed by atoms with E-state index in [1.54, 1.807) is 12.1 Å². The molecule has 0 aliphatic carbocycles. The molecule has 0 saturated carbocycles. The molecular weight excluding hydrogens is 265 g/mol. The van der Waals surface area contributed by atoms with E-state index >= 15 is 0 Å². The lowest BCUT2D eigenvalue weighted by molar-refractivity contribution is 0.621. The number of nitrogens with one attached hydrogen (secondary N) is 2. The van der Waals surface area contributed by atoms with Gasteiger partial charge in [0.05, 0.1) is 5.69 Å². The van der Waals surface area contributed by atoms with Crippen molar-refractivity contribution in [3.05, 3.63) is 50.9 Å². The number of nitrogens with two attached hydrogens (primary N) is 1. The van der Waals surface area contributed by atoms with Crippen molar-refractivity contribution >= 4 is 11.5 Å². The number of aromatic amines is 2. The Morgan fingerprint density at radius 2 is 2.05 bits per heavy atom. The lowest BCUT2D eigenvalue weighted by Gasteiger charge is -2.22. The molecular formula is C12H14FN5O2. The predicted molar refractivity (Wildman–Crippen MR) is 72.6 cm³/mol. The number of hydrogen-bond acceptors (Lipinski definition) is 5. The van der Waals surface area contributed by atoms with Gasteiger partial charge in [0, 0.05) is 6.54 Å². The van der Waals surface area contributed by atoms with Crippen LogP contribution in [0.25, 0.3) is 0 Å². The largest absolute Gasteiger partial charge is 0.342 e. The van der Waals surface area contributed by atoms with E-state index in [0.29, 0.717) is 19.5 Å². The Morgan fingerprint density at radius 1 is 1.30 bits per heavy atom. The summed E-state index contributed by atoms with van der Waals surface area (Å²) in [6.07, 6.45) is 0.536.